The lowest BCUT2D eigenvalue weighted by Gasteiger charge is -2.39. The molecule has 1 fully saturated rings. The van der Waals surface area contributed by atoms with E-state index in [-0.39, 0.29) is 11.6 Å². The minimum Gasteiger partial charge on any atom is -0.377 e. The van der Waals surface area contributed by atoms with Crippen LogP contribution in [0, 0.1) is 5.82 Å². The van der Waals surface area contributed by atoms with Crippen molar-refractivity contribution in [1.29, 1.82) is 0 Å². The summed E-state index contributed by atoms with van der Waals surface area (Å²) < 4.78 is 19.1. The summed E-state index contributed by atoms with van der Waals surface area (Å²) in [6.07, 6.45) is 0. The summed E-state index contributed by atoms with van der Waals surface area (Å²) in [6.45, 7) is 1.59. The maximum absolute atomic E-state index is 13.7. The molecule has 0 spiro atoms. The molecule has 2 aliphatic rings. The highest BCUT2D eigenvalue weighted by atomic mass is 35.5. The van der Waals surface area contributed by atoms with Crippen molar-refractivity contribution in [1.82, 2.24) is 4.90 Å². The number of carbonyl (C=O) groups is 1. The van der Waals surface area contributed by atoms with Crippen LogP contribution >= 0.6 is 11.6 Å². The first-order chi connectivity index (χ1) is 9.08. The molecule has 1 unspecified atom stereocenters. The van der Waals surface area contributed by atoms with Gasteiger partial charge in [-0.25, -0.2) is 9.38 Å². The zero-order valence-electron chi connectivity index (χ0n) is 9.90. The lowest BCUT2D eigenvalue weighted by Crippen LogP contribution is -2.48. The smallest absolute Gasteiger partial charge is 0.255 e. The number of hydrogen-bond acceptors (Lipinski definition) is 5. The van der Waals surface area contributed by atoms with Crippen molar-refractivity contribution in [3.05, 3.63) is 29.1 Å². The van der Waals surface area contributed by atoms with E-state index in [1.165, 1.54) is 12.1 Å². The van der Waals surface area contributed by atoms with Gasteiger partial charge in [-0.05, 0) is 17.7 Å². The topological polar surface area (TPSA) is 67.9 Å². The molecule has 2 N–H and O–H groups in total. The fourth-order valence-corrected chi connectivity index (χ4v) is 2.56. The number of nitrogens with two attached hydrogens (primary N) is 1. The molecular formula is C12H11ClFN3O2. The lowest BCUT2D eigenvalue weighted by atomic mass is 9.98. The Morgan fingerprint density at radius 3 is 3.11 bits per heavy atom. The van der Waals surface area contributed by atoms with Crippen molar-refractivity contribution >= 4 is 28.5 Å². The fraction of sp³-hybridized carbons (Fsp3) is 0.333. The third kappa shape index (κ3) is 1.97. The molecule has 1 atom stereocenters. The van der Waals surface area contributed by atoms with Gasteiger partial charge < -0.3 is 15.4 Å². The van der Waals surface area contributed by atoms with Crippen molar-refractivity contribution < 1.29 is 13.9 Å². The van der Waals surface area contributed by atoms with E-state index < -0.39 is 11.1 Å². The first-order valence-electron chi connectivity index (χ1n) is 5.79. The molecule has 100 valence electrons. The molecule has 0 bridgehead atoms. The molecular weight excluding hydrogens is 273 g/mol. The Morgan fingerprint density at radius 2 is 2.37 bits per heavy atom. The highest BCUT2D eigenvalue weighted by Crippen LogP contribution is 2.37. The standard InChI is InChI=1S/C12H11ClFN3O2/c13-11(18)6-3-7-9(4-8(6)14)16-12(15)17-1-2-19-5-10(7)17/h3-4,10H,1-2,5H2,(H2,15,16). The van der Waals surface area contributed by atoms with Crippen LogP contribution < -0.4 is 5.73 Å². The van der Waals surface area contributed by atoms with E-state index >= 15 is 0 Å². The van der Waals surface area contributed by atoms with E-state index in [4.69, 9.17) is 22.1 Å². The number of ether oxygens (including phenoxy) is 1. The number of nitrogens with zero attached hydrogens (tertiary/aromatic N) is 2. The average Bonchev–Trinajstić information content (AvgIpc) is 2.38. The van der Waals surface area contributed by atoms with Gasteiger partial charge in [0.25, 0.3) is 5.24 Å². The summed E-state index contributed by atoms with van der Waals surface area (Å²) in [5.74, 6) is -0.356. The molecule has 0 radical (unpaired) electrons. The zero-order valence-corrected chi connectivity index (χ0v) is 10.7. The molecule has 19 heavy (non-hydrogen) atoms. The Bertz CT molecular complexity index is 591. The molecule has 0 amide bonds. The predicted octanol–water partition coefficient (Wildman–Crippen LogP) is 1.54. The van der Waals surface area contributed by atoms with Crippen molar-refractivity contribution in [3.63, 3.8) is 0 Å². The van der Waals surface area contributed by atoms with Crippen LogP contribution in [-0.2, 0) is 4.74 Å². The van der Waals surface area contributed by atoms with Gasteiger partial charge in [0.15, 0.2) is 5.96 Å². The number of guanidine groups is 1. The molecule has 2 aliphatic heterocycles. The highest BCUT2D eigenvalue weighted by Gasteiger charge is 2.32. The van der Waals surface area contributed by atoms with Crippen molar-refractivity contribution in [2.45, 2.75) is 6.04 Å². The first kappa shape index (κ1) is 12.4. The zero-order chi connectivity index (χ0) is 13.6. The van der Waals surface area contributed by atoms with Gasteiger partial charge >= 0.3 is 0 Å². The Morgan fingerprint density at radius 1 is 1.58 bits per heavy atom. The largest absolute Gasteiger partial charge is 0.377 e. The third-order valence-electron chi connectivity index (χ3n) is 3.34. The molecule has 7 heteroatoms. The number of carbonyl (C=O) groups excluding carboxylic acids is 1. The molecule has 3 rings (SSSR count). The molecule has 0 aromatic heterocycles. The quantitative estimate of drug-likeness (QED) is 0.794. The number of rotatable bonds is 1. The maximum atomic E-state index is 13.7. The number of halogens is 2. The number of fused-ring (bicyclic) bond motifs is 3. The summed E-state index contributed by atoms with van der Waals surface area (Å²) in [5.41, 5.74) is 6.83. The van der Waals surface area contributed by atoms with Gasteiger partial charge in [-0.15, -0.1) is 0 Å². The van der Waals surface area contributed by atoms with Crippen LogP contribution in [0.5, 0.6) is 0 Å². The van der Waals surface area contributed by atoms with E-state index in [0.29, 0.717) is 37.0 Å². The minimum atomic E-state index is -0.828. The van der Waals surface area contributed by atoms with Gasteiger partial charge in [-0.3, -0.25) is 4.79 Å². The SMILES string of the molecule is NC1=Nc2cc(F)c(C(=O)Cl)cc2C2COCCN12. The third-order valence-corrected chi connectivity index (χ3v) is 3.55. The van der Waals surface area contributed by atoms with Crippen LogP contribution in [0.2, 0.25) is 0 Å². The summed E-state index contributed by atoms with van der Waals surface area (Å²) in [5, 5.41) is -0.828. The summed E-state index contributed by atoms with van der Waals surface area (Å²) in [7, 11) is 0. The van der Waals surface area contributed by atoms with Gasteiger partial charge in [0.2, 0.25) is 0 Å². The van der Waals surface area contributed by atoms with E-state index in [2.05, 4.69) is 4.99 Å². The number of aliphatic imine (C=N–C) groups is 1. The second kappa shape index (κ2) is 4.47. The van der Waals surface area contributed by atoms with Gasteiger partial charge in [-0.1, -0.05) is 0 Å². The van der Waals surface area contributed by atoms with Crippen LogP contribution in [0.1, 0.15) is 22.0 Å². The summed E-state index contributed by atoms with van der Waals surface area (Å²) in [4.78, 5) is 17.2. The Labute approximate surface area is 113 Å². The predicted molar refractivity (Wildman–Crippen MR) is 68.1 cm³/mol. The second-order valence-electron chi connectivity index (χ2n) is 4.42. The first-order valence-corrected chi connectivity index (χ1v) is 6.17. The van der Waals surface area contributed by atoms with Gasteiger partial charge in [0.05, 0.1) is 30.5 Å². The molecule has 0 saturated carbocycles. The average molecular weight is 284 g/mol. The molecule has 1 aromatic rings. The van der Waals surface area contributed by atoms with Gasteiger partial charge in [0.1, 0.15) is 5.82 Å². The summed E-state index contributed by atoms with van der Waals surface area (Å²) >= 11 is 5.37. The van der Waals surface area contributed by atoms with Crippen molar-refractivity contribution in [2.24, 2.45) is 10.7 Å². The Hall–Kier alpha value is -1.66. The number of benzene rings is 1. The number of morpholine rings is 1. The molecule has 2 heterocycles. The summed E-state index contributed by atoms with van der Waals surface area (Å²) in [6, 6.07) is 2.46. The van der Waals surface area contributed by atoms with E-state index in [1.54, 1.807) is 0 Å². The van der Waals surface area contributed by atoms with Crippen LogP contribution in [0.25, 0.3) is 0 Å². The second-order valence-corrected chi connectivity index (χ2v) is 4.76. The molecule has 1 saturated heterocycles. The molecule has 1 aromatic carbocycles. The van der Waals surface area contributed by atoms with Gasteiger partial charge in [0, 0.05) is 18.2 Å². The van der Waals surface area contributed by atoms with Crippen LogP contribution in [0.3, 0.4) is 0 Å². The van der Waals surface area contributed by atoms with E-state index in [0.717, 1.165) is 0 Å². The highest BCUT2D eigenvalue weighted by molar-refractivity contribution is 6.67. The molecule has 0 aliphatic carbocycles. The van der Waals surface area contributed by atoms with Crippen molar-refractivity contribution in [2.75, 3.05) is 19.8 Å². The van der Waals surface area contributed by atoms with Crippen molar-refractivity contribution in [3.8, 4) is 0 Å². The minimum absolute atomic E-state index is 0.151. The van der Waals surface area contributed by atoms with Crippen LogP contribution in [0.4, 0.5) is 10.1 Å². The van der Waals surface area contributed by atoms with Crippen LogP contribution in [0.15, 0.2) is 17.1 Å². The van der Waals surface area contributed by atoms with E-state index in [9.17, 15) is 9.18 Å². The Kier molecular flexibility index (Phi) is 2.91. The van der Waals surface area contributed by atoms with Crippen LogP contribution in [-0.4, -0.2) is 35.9 Å². The Balaban J connectivity index is 2.15. The number of hydrogen-bond donors (Lipinski definition) is 1. The normalized spacial score (nSPS) is 21.5. The molecule has 5 nitrogen and oxygen atoms in total. The monoisotopic (exact) mass is 283 g/mol. The maximum Gasteiger partial charge on any atom is 0.255 e. The van der Waals surface area contributed by atoms with E-state index in [1.807, 2.05) is 4.90 Å². The fourth-order valence-electron chi connectivity index (χ4n) is 2.42. The van der Waals surface area contributed by atoms with Gasteiger partial charge in [-0.2, -0.15) is 0 Å². The lowest BCUT2D eigenvalue weighted by molar-refractivity contribution is 0.0241.